The summed E-state index contributed by atoms with van der Waals surface area (Å²) in [6.07, 6.45) is 0. The number of hydrogen-bond acceptors (Lipinski definition) is 4. The Labute approximate surface area is 178 Å². The molecule has 1 aliphatic heterocycles. The van der Waals surface area contributed by atoms with E-state index >= 15 is 0 Å². The van der Waals surface area contributed by atoms with Crippen molar-refractivity contribution in [3.05, 3.63) is 100 Å². The van der Waals surface area contributed by atoms with Gasteiger partial charge in [0.05, 0.1) is 11.6 Å². The minimum Gasteiger partial charge on any atom is -0.508 e. The second-order valence-corrected chi connectivity index (χ2v) is 7.55. The van der Waals surface area contributed by atoms with E-state index in [2.05, 4.69) is 0 Å². The molecule has 1 saturated heterocycles. The van der Waals surface area contributed by atoms with Crippen molar-refractivity contribution in [2.45, 2.75) is 13.0 Å². The summed E-state index contributed by atoms with van der Waals surface area (Å²) >= 11 is 6.05. The van der Waals surface area contributed by atoms with Crippen molar-refractivity contribution in [1.29, 1.82) is 0 Å². The molecule has 3 aromatic carbocycles. The number of hydrogen-bond donors (Lipinski definition) is 2. The molecule has 1 amide bonds. The van der Waals surface area contributed by atoms with Crippen molar-refractivity contribution >= 4 is 34.7 Å². The number of aryl methyl sites for hydroxylation is 1. The summed E-state index contributed by atoms with van der Waals surface area (Å²) in [6.45, 7) is 1.89. The number of amides is 1. The molecule has 5 nitrogen and oxygen atoms in total. The molecular formula is C24H18ClNO4. The maximum Gasteiger partial charge on any atom is 0.300 e. The molecule has 1 aliphatic rings. The average Bonchev–Trinajstić information content (AvgIpc) is 2.99. The zero-order valence-electron chi connectivity index (χ0n) is 16.0. The van der Waals surface area contributed by atoms with Crippen LogP contribution in [-0.2, 0) is 9.59 Å². The van der Waals surface area contributed by atoms with Crippen molar-refractivity contribution in [3.63, 3.8) is 0 Å². The summed E-state index contributed by atoms with van der Waals surface area (Å²) in [5.41, 5.74) is 2.36. The van der Waals surface area contributed by atoms with Gasteiger partial charge in [-0.25, -0.2) is 0 Å². The van der Waals surface area contributed by atoms with E-state index < -0.39 is 17.7 Å². The zero-order valence-corrected chi connectivity index (χ0v) is 16.8. The maximum absolute atomic E-state index is 13.0. The van der Waals surface area contributed by atoms with Gasteiger partial charge in [0.1, 0.15) is 11.5 Å². The number of phenols is 1. The Morgan fingerprint density at radius 3 is 2.33 bits per heavy atom. The standard InChI is InChI=1S/C24H18ClNO4/c1-14-4-2-7-18(12-14)26-21(15-8-10-19(27)11-9-15)20(23(29)24(26)30)22(28)16-5-3-6-17(25)13-16/h2-13,21,27-28H,1H3/b22-20+. The fraction of sp³-hybridized carbons (Fsp3) is 0.0833. The number of halogens is 1. The molecule has 0 aromatic heterocycles. The molecule has 0 bridgehead atoms. The van der Waals surface area contributed by atoms with Gasteiger partial charge in [-0.2, -0.15) is 0 Å². The van der Waals surface area contributed by atoms with E-state index in [1.807, 2.05) is 13.0 Å². The van der Waals surface area contributed by atoms with Gasteiger partial charge < -0.3 is 10.2 Å². The molecule has 4 rings (SSSR count). The van der Waals surface area contributed by atoms with Crippen LogP contribution >= 0.6 is 11.6 Å². The van der Waals surface area contributed by atoms with Crippen molar-refractivity contribution in [3.8, 4) is 5.75 Å². The Hall–Kier alpha value is -3.57. The number of Topliss-reactive ketones (excluding diaryl/α,β-unsaturated/α-hetero) is 1. The Morgan fingerprint density at radius 2 is 1.67 bits per heavy atom. The van der Waals surface area contributed by atoms with Gasteiger partial charge in [0.15, 0.2) is 0 Å². The summed E-state index contributed by atoms with van der Waals surface area (Å²) in [4.78, 5) is 27.4. The van der Waals surface area contributed by atoms with Gasteiger partial charge in [-0.05, 0) is 54.4 Å². The van der Waals surface area contributed by atoms with Crippen LogP contribution in [0.1, 0.15) is 22.7 Å². The Balaban J connectivity index is 1.96. The summed E-state index contributed by atoms with van der Waals surface area (Å²) < 4.78 is 0. The van der Waals surface area contributed by atoms with E-state index in [1.165, 1.54) is 23.1 Å². The number of aliphatic hydroxyl groups excluding tert-OH is 1. The predicted octanol–water partition coefficient (Wildman–Crippen LogP) is 4.98. The number of ketones is 1. The van der Waals surface area contributed by atoms with Crippen molar-refractivity contribution in [2.75, 3.05) is 4.90 Å². The van der Waals surface area contributed by atoms with Gasteiger partial charge in [0, 0.05) is 16.3 Å². The fourth-order valence-corrected chi connectivity index (χ4v) is 3.83. The number of nitrogens with zero attached hydrogens (tertiary/aromatic N) is 1. The zero-order chi connectivity index (χ0) is 21.4. The van der Waals surface area contributed by atoms with Crippen LogP contribution in [0.3, 0.4) is 0 Å². The summed E-state index contributed by atoms with van der Waals surface area (Å²) in [5, 5.41) is 21.1. The summed E-state index contributed by atoms with van der Waals surface area (Å²) in [7, 11) is 0. The molecule has 3 aromatic rings. The third-order valence-corrected chi connectivity index (χ3v) is 5.27. The Kier molecular flexibility index (Phi) is 5.06. The minimum atomic E-state index is -0.855. The molecule has 0 aliphatic carbocycles. The number of aromatic hydroxyl groups is 1. The predicted molar refractivity (Wildman–Crippen MR) is 116 cm³/mol. The molecule has 150 valence electrons. The second-order valence-electron chi connectivity index (χ2n) is 7.11. The van der Waals surface area contributed by atoms with Crippen LogP contribution in [0, 0.1) is 6.92 Å². The first-order valence-electron chi connectivity index (χ1n) is 9.29. The van der Waals surface area contributed by atoms with Crippen LogP contribution in [-0.4, -0.2) is 21.9 Å². The highest BCUT2D eigenvalue weighted by Gasteiger charge is 2.47. The van der Waals surface area contributed by atoms with Gasteiger partial charge >= 0.3 is 0 Å². The first kappa shape index (κ1) is 19.7. The fourth-order valence-electron chi connectivity index (χ4n) is 3.64. The largest absolute Gasteiger partial charge is 0.508 e. The molecule has 1 atom stereocenters. The van der Waals surface area contributed by atoms with E-state index in [4.69, 9.17) is 11.6 Å². The lowest BCUT2D eigenvalue weighted by Gasteiger charge is -2.25. The summed E-state index contributed by atoms with van der Waals surface area (Å²) in [5.74, 6) is -1.76. The van der Waals surface area contributed by atoms with E-state index in [9.17, 15) is 19.8 Å². The SMILES string of the molecule is Cc1cccc(N2C(=O)C(=O)/C(=C(/O)c3cccc(Cl)c3)C2c2ccc(O)cc2)c1. The lowest BCUT2D eigenvalue weighted by molar-refractivity contribution is -0.132. The average molecular weight is 420 g/mol. The monoisotopic (exact) mass is 419 g/mol. The lowest BCUT2D eigenvalue weighted by atomic mass is 9.95. The number of phenolic OH excluding ortho intramolecular Hbond substituents is 1. The van der Waals surface area contributed by atoms with Crippen LogP contribution < -0.4 is 4.90 Å². The van der Waals surface area contributed by atoms with Crippen LogP contribution in [0.5, 0.6) is 5.75 Å². The van der Waals surface area contributed by atoms with Crippen molar-refractivity contribution < 1.29 is 19.8 Å². The molecule has 2 N–H and O–H groups in total. The Bertz CT molecular complexity index is 1180. The van der Waals surface area contributed by atoms with Crippen LogP contribution in [0.15, 0.2) is 78.4 Å². The quantitative estimate of drug-likeness (QED) is 0.356. The highest BCUT2D eigenvalue weighted by atomic mass is 35.5. The molecule has 0 radical (unpaired) electrons. The van der Waals surface area contributed by atoms with Crippen molar-refractivity contribution in [2.24, 2.45) is 0 Å². The molecule has 1 heterocycles. The number of anilines is 1. The molecule has 1 unspecified atom stereocenters. The van der Waals surface area contributed by atoms with E-state index in [0.717, 1.165) is 5.56 Å². The molecular weight excluding hydrogens is 402 g/mol. The highest BCUT2D eigenvalue weighted by molar-refractivity contribution is 6.51. The van der Waals surface area contributed by atoms with Crippen LogP contribution in [0.25, 0.3) is 5.76 Å². The number of aliphatic hydroxyl groups is 1. The first-order chi connectivity index (χ1) is 14.4. The topological polar surface area (TPSA) is 77.8 Å². The van der Waals surface area contributed by atoms with E-state index in [0.29, 0.717) is 21.8 Å². The minimum absolute atomic E-state index is 0.0329. The van der Waals surface area contributed by atoms with Gasteiger partial charge in [-0.15, -0.1) is 0 Å². The van der Waals surface area contributed by atoms with Gasteiger partial charge in [0.2, 0.25) is 0 Å². The smallest absolute Gasteiger partial charge is 0.300 e. The molecule has 0 spiro atoms. The second kappa shape index (κ2) is 7.69. The van der Waals surface area contributed by atoms with Crippen LogP contribution in [0.2, 0.25) is 5.02 Å². The number of rotatable bonds is 3. The van der Waals surface area contributed by atoms with Crippen molar-refractivity contribution in [1.82, 2.24) is 0 Å². The third kappa shape index (κ3) is 3.44. The van der Waals surface area contributed by atoms with E-state index in [1.54, 1.807) is 48.5 Å². The number of carbonyl (C=O) groups is 2. The highest BCUT2D eigenvalue weighted by Crippen LogP contribution is 2.42. The summed E-state index contributed by atoms with van der Waals surface area (Å²) in [6, 6.07) is 19.0. The first-order valence-corrected chi connectivity index (χ1v) is 9.67. The Morgan fingerprint density at radius 1 is 0.967 bits per heavy atom. The van der Waals surface area contributed by atoms with Gasteiger partial charge in [-0.1, -0.05) is 48.0 Å². The molecule has 30 heavy (non-hydrogen) atoms. The number of carbonyl (C=O) groups excluding carboxylic acids is 2. The van der Waals surface area contributed by atoms with Gasteiger partial charge in [0.25, 0.3) is 11.7 Å². The lowest BCUT2D eigenvalue weighted by Crippen LogP contribution is -2.29. The van der Waals surface area contributed by atoms with Gasteiger partial charge in [-0.3, -0.25) is 14.5 Å². The van der Waals surface area contributed by atoms with E-state index in [-0.39, 0.29) is 17.1 Å². The number of benzene rings is 3. The third-order valence-electron chi connectivity index (χ3n) is 5.03. The maximum atomic E-state index is 13.0. The molecule has 0 saturated carbocycles. The van der Waals surface area contributed by atoms with Crippen LogP contribution in [0.4, 0.5) is 5.69 Å². The normalized spacial score (nSPS) is 18.1. The molecule has 6 heteroatoms. The molecule has 1 fully saturated rings.